The lowest BCUT2D eigenvalue weighted by atomic mass is 10.0. The maximum Gasteiger partial charge on any atom is 0.274 e. The summed E-state index contributed by atoms with van der Waals surface area (Å²) in [5, 5.41) is 6.14. The standard InChI is InChI=1S/C18H24N4O/c1-12(2)10-19-17-9-16(20-11-21-17)18(23)22-15-8-6-5-7-14(15)13(3)4/h5-9,11-13H,10H2,1-4H3,(H,22,23)(H,19,20,21). The molecular formula is C18H24N4O. The Morgan fingerprint density at radius 3 is 2.57 bits per heavy atom. The second-order valence-corrected chi connectivity index (χ2v) is 6.26. The molecule has 0 fully saturated rings. The topological polar surface area (TPSA) is 66.9 Å². The summed E-state index contributed by atoms with van der Waals surface area (Å²) < 4.78 is 0. The molecule has 0 saturated heterocycles. The van der Waals surface area contributed by atoms with Crippen LogP contribution in [0, 0.1) is 5.92 Å². The van der Waals surface area contributed by atoms with Crippen molar-refractivity contribution in [3.8, 4) is 0 Å². The van der Waals surface area contributed by atoms with Crippen LogP contribution in [0.5, 0.6) is 0 Å². The van der Waals surface area contributed by atoms with Gasteiger partial charge in [0.2, 0.25) is 0 Å². The molecule has 0 atom stereocenters. The van der Waals surface area contributed by atoms with Gasteiger partial charge in [-0.25, -0.2) is 9.97 Å². The fourth-order valence-electron chi connectivity index (χ4n) is 2.19. The number of anilines is 2. The fourth-order valence-corrected chi connectivity index (χ4v) is 2.19. The summed E-state index contributed by atoms with van der Waals surface area (Å²) in [7, 11) is 0. The van der Waals surface area contributed by atoms with Crippen LogP contribution in [-0.4, -0.2) is 22.4 Å². The Morgan fingerprint density at radius 1 is 1.13 bits per heavy atom. The van der Waals surface area contributed by atoms with Crippen LogP contribution in [0.25, 0.3) is 0 Å². The molecule has 23 heavy (non-hydrogen) atoms. The van der Waals surface area contributed by atoms with E-state index in [2.05, 4.69) is 48.3 Å². The number of carbonyl (C=O) groups excluding carboxylic acids is 1. The van der Waals surface area contributed by atoms with Crippen LogP contribution < -0.4 is 10.6 Å². The quantitative estimate of drug-likeness (QED) is 0.848. The number of aromatic nitrogens is 2. The number of nitrogens with zero attached hydrogens (tertiary/aromatic N) is 2. The molecule has 1 aromatic carbocycles. The van der Waals surface area contributed by atoms with Gasteiger partial charge in [-0.2, -0.15) is 0 Å². The molecule has 122 valence electrons. The molecule has 1 heterocycles. The molecular weight excluding hydrogens is 288 g/mol. The molecule has 0 aliphatic carbocycles. The Labute approximate surface area is 137 Å². The average Bonchev–Trinajstić information content (AvgIpc) is 2.53. The van der Waals surface area contributed by atoms with Gasteiger partial charge in [0, 0.05) is 18.3 Å². The van der Waals surface area contributed by atoms with Gasteiger partial charge in [0.1, 0.15) is 17.8 Å². The number of amides is 1. The van der Waals surface area contributed by atoms with Crippen LogP contribution in [0.3, 0.4) is 0 Å². The predicted octanol–water partition coefficient (Wildman–Crippen LogP) is 3.92. The van der Waals surface area contributed by atoms with Gasteiger partial charge in [-0.15, -0.1) is 0 Å². The molecule has 0 saturated carbocycles. The van der Waals surface area contributed by atoms with Crippen molar-refractivity contribution < 1.29 is 4.79 Å². The fraction of sp³-hybridized carbons (Fsp3) is 0.389. The van der Waals surface area contributed by atoms with Crippen molar-refractivity contribution in [2.75, 3.05) is 17.2 Å². The minimum absolute atomic E-state index is 0.229. The minimum atomic E-state index is -0.229. The van der Waals surface area contributed by atoms with Gasteiger partial charge >= 0.3 is 0 Å². The third-order valence-electron chi connectivity index (χ3n) is 3.42. The van der Waals surface area contributed by atoms with Crippen molar-refractivity contribution in [1.29, 1.82) is 0 Å². The summed E-state index contributed by atoms with van der Waals surface area (Å²) in [4.78, 5) is 20.7. The number of nitrogens with one attached hydrogen (secondary N) is 2. The van der Waals surface area contributed by atoms with Crippen molar-refractivity contribution >= 4 is 17.4 Å². The lowest BCUT2D eigenvalue weighted by Gasteiger charge is -2.13. The van der Waals surface area contributed by atoms with E-state index < -0.39 is 0 Å². The summed E-state index contributed by atoms with van der Waals surface area (Å²) in [6.45, 7) is 9.23. The molecule has 0 unspecified atom stereocenters. The van der Waals surface area contributed by atoms with Crippen LogP contribution in [0.2, 0.25) is 0 Å². The highest BCUT2D eigenvalue weighted by Crippen LogP contribution is 2.24. The first-order chi connectivity index (χ1) is 11.0. The van der Waals surface area contributed by atoms with E-state index in [1.54, 1.807) is 6.07 Å². The number of hydrogen-bond donors (Lipinski definition) is 2. The average molecular weight is 312 g/mol. The predicted molar refractivity (Wildman–Crippen MR) is 93.8 cm³/mol. The van der Waals surface area contributed by atoms with Crippen molar-refractivity contribution in [3.63, 3.8) is 0 Å². The molecule has 0 radical (unpaired) electrons. The molecule has 0 spiro atoms. The molecule has 2 N–H and O–H groups in total. The summed E-state index contributed by atoms with van der Waals surface area (Å²) in [6.07, 6.45) is 1.41. The largest absolute Gasteiger partial charge is 0.370 e. The van der Waals surface area contributed by atoms with E-state index in [1.165, 1.54) is 6.33 Å². The van der Waals surface area contributed by atoms with E-state index in [4.69, 9.17) is 0 Å². The first-order valence-electron chi connectivity index (χ1n) is 7.93. The van der Waals surface area contributed by atoms with Crippen LogP contribution in [-0.2, 0) is 0 Å². The Balaban J connectivity index is 2.14. The van der Waals surface area contributed by atoms with E-state index in [9.17, 15) is 4.79 Å². The minimum Gasteiger partial charge on any atom is -0.370 e. The highest BCUT2D eigenvalue weighted by molar-refractivity contribution is 6.03. The molecule has 5 nitrogen and oxygen atoms in total. The number of para-hydroxylation sites is 1. The molecule has 5 heteroatoms. The number of benzene rings is 1. The monoisotopic (exact) mass is 312 g/mol. The Morgan fingerprint density at radius 2 is 1.87 bits per heavy atom. The van der Waals surface area contributed by atoms with Gasteiger partial charge in [0.15, 0.2) is 0 Å². The third kappa shape index (κ3) is 4.77. The van der Waals surface area contributed by atoms with Crippen molar-refractivity contribution in [3.05, 3.63) is 47.9 Å². The summed E-state index contributed by atoms with van der Waals surface area (Å²) >= 11 is 0. The first kappa shape index (κ1) is 16.9. The van der Waals surface area contributed by atoms with Crippen molar-refractivity contribution in [2.45, 2.75) is 33.6 Å². The van der Waals surface area contributed by atoms with E-state index >= 15 is 0 Å². The summed E-state index contributed by atoms with van der Waals surface area (Å²) in [5.74, 6) is 1.27. The Bertz CT molecular complexity index is 668. The van der Waals surface area contributed by atoms with Gasteiger partial charge in [-0.05, 0) is 23.5 Å². The van der Waals surface area contributed by atoms with Crippen molar-refractivity contribution in [1.82, 2.24) is 9.97 Å². The van der Waals surface area contributed by atoms with E-state index in [0.717, 1.165) is 17.8 Å². The van der Waals surface area contributed by atoms with Gasteiger partial charge in [-0.3, -0.25) is 4.79 Å². The van der Waals surface area contributed by atoms with Crippen LogP contribution >= 0.6 is 0 Å². The maximum absolute atomic E-state index is 12.5. The molecule has 0 bridgehead atoms. The summed E-state index contributed by atoms with van der Waals surface area (Å²) in [6, 6.07) is 9.50. The zero-order valence-electron chi connectivity index (χ0n) is 14.1. The number of carbonyl (C=O) groups is 1. The summed E-state index contributed by atoms with van der Waals surface area (Å²) in [5.41, 5.74) is 2.28. The molecule has 1 amide bonds. The van der Waals surface area contributed by atoms with Crippen LogP contribution in [0.1, 0.15) is 49.7 Å². The molecule has 0 aliphatic rings. The third-order valence-corrected chi connectivity index (χ3v) is 3.42. The van der Waals surface area contributed by atoms with Gasteiger partial charge in [0.25, 0.3) is 5.91 Å². The van der Waals surface area contributed by atoms with Gasteiger partial charge in [0.05, 0.1) is 0 Å². The van der Waals surface area contributed by atoms with E-state index in [-0.39, 0.29) is 5.91 Å². The van der Waals surface area contributed by atoms with Gasteiger partial charge in [-0.1, -0.05) is 45.9 Å². The Kier molecular flexibility index (Phi) is 5.68. The Hall–Kier alpha value is -2.43. The molecule has 0 aliphatic heterocycles. The molecule has 1 aromatic heterocycles. The van der Waals surface area contributed by atoms with Crippen molar-refractivity contribution in [2.24, 2.45) is 5.92 Å². The highest BCUT2D eigenvalue weighted by atomic mass is 16.1. The van der Waals surface area contributed by atoms with Crippen LogP contribution in [0.4, 0.5) is 11.5 Å². The molecule has 2 rings (SSSR count). The normalized spacial score (nSPS) is 10.9. The smallest absolute Gasteiger partial charge is 0.274 e. The van der Waals surface area contributed by atoms with E-state index in [0.29, 0.717) is 23.3 Å². The first-order valence-corrected chi connectivity index (χ1v) is 7.93. The number of hydrogen-bond acceptors (Lipinski definition) is 4. The SMILES string of the molecule is CC(C)CNc1cc(C(=O)Nc2ccccc2C(C)C)ncn1. The second kappa shape index (κ2) is 7.72. The van der Waals surface area contributed by atoms with Crippen LogP contribution in [0.15, 0.2) is 36.7 Å². The lowest BCUT2D eigenvalue weighted by molar-refractivity contribution is 0.102. The lowest BCUT2D eigenvalue weighted by Crippen LogP contribution is -2.16. The number of rotatable bonds is 6. The second-order valence-electron chi connectivity index (χ2n) is 6.26. The van der Waals surface area contributed by atoms with Gasteiger partial charge < -0.3 is 10.6 Å². The zero-order chi connectivity index (χ0) is 16.8. The van der Waals surface area contributed by atoms with E-state index in [1.807, 2.05) is 24.3 Å². The molecule has 2 aromatic rings. The zero-order valence-corrected chi connectivity index (χ0v) is 14.1. The maximum atomic E-state index is 12.5. The highest BCUT2D eigenvalue weighted by Gasteiger charge is 2.12.